The fraction of sp³-hybridized carbons (Fsp3) is 0.118. The van der Waals surface area contributed by atoms with E-state index < -0.39 is 17.8 Å². The van der Waals surface area contributed by atoms with Gasteiger partial charge >= 0.3 is 0 Å². The molecule has 0 radical (unpaired) electrons. The van der Waals surface area contributed by atoms with E-state index >= 15 is 0 Å². The number of carbonyl (C=O) groups is 1. The highest BCUT2D eigenvalue weighted by Crippen LogP contribution is 2.20. The summed E-state index contributed by atoms with van der Waals surface area (Å²) in [5, 5.41) is 17.1. The molecule has 0 saturated carbocycles. The second-order valence-corrected chi connectivity index (χ2v) is 6.76. The molecule has 3 rings (SSSR count). The molecule has 134 valence electrons. The summed E-state index contributed by atoms with van der Waals surface area (Å²) in [6, 6.07) is 6.97. The van der Waals surface area contributed by atoms with Crippen LogP contribution in [0.5, 0.6) is 0 Å². The Kier molecular flexibility index (Phi) is 5.65. The van der Waals surface area contributed by atoms with E-state index in [4.69, 9.17) is 11.6 Å². The molecule has 2 heterocycles. The molecule has 0 aliphatic carbocycles. The van der Waals surface area contributed by atoms with Crippen molar-refractivity contribution < 1.29 is 14.3 Å². The minimum absolute atomic E-state index is 0.115. The third-order valence-corrected chi connectivity index (χ3v) is 4.15. The van der Waals surface area contributed by atoms with Crippen molar-refractivity contribution >= 4 is 33.4 Å². The van der Waals surface area contributed by atoms with Crippen LogP contribution >= 0.6 is 27.5 Å². The van der Waals surface area contributed by atoms with Crippen molar-refractivity contribution in [3.8, 4) is 5.82 Å². The van der Waals surface area contributed by atoms with Gasteiger partial charge in [-0.1, -0.05) is 11.6 Å². The summed E-state index contributed by atoms with van der Waals surface area (Å²) in [6.07, 6.45) is 3.69. The summed E-state index contributed by atoms with van der Waals surface area (Å²) < 4.78 is 15.6. The van der Waals surface area contributed by atoms with Crippen LogP contribution in [0.1, 0.15) is 22.0 Å². The van der Waals surface area contributed by atoms with Crippen LogP contribution in [0, 0.1) is 5.82 Å². The second-order valence-electron chi connectivity index (χ2n) is 5.41. The van der Waals surface area contributed by atoms with E-state index in [1.807, 2.05) is 0 Å². The maximum Gasteiger partial charge on any atom is 0.255 e. The van der Waals surface area contributed by atoms with Gasteiger partial charge in [0.25, 0.3) is 5.91 Å². The number of aliphatic hydroxyl groups excluding tert-OH is 1. The maximum absolute atomic E-state index is 13.4. The van der Waals surface area contributed by atoms with Crippen LogP contribution in [-0.4, -0.2) is 32.3 Å². The first-order chi connectivity index (χ1) is 12.4. The van der Waals surface area contributed by atoms with E-state index in [-0.39, 0.29) is 22.7 Å². The largest absolute Gasteiger partial charge is 0.387 e. The van der Waals surface area contributed by atoms with Gasteiger partial charge in [0.2, 0.25) is 0 Å². The molecule has 1 amide bonds. The lowest BCUT2D eigenvalue weighted by atomic mass is 10.1. The van der Waals surface area contributed by atoms with Gasteiger partial charge in [0.1, 0.15) is 5.82 Å². The van der Waals surface area contributed by atoms with Crippen molar-refractivity contribution in [2.75, 3.05) is 6.54 Å². The summed E-state index contributed by atoms with van der Waals surface area (Å²) in [7, 11) is 0. The number of nitrogens with zero attached hydrogens (tertiary/aromatic N) is 3. The zero-order chi connectivity index (χ0) is 18.7. The zero-order valence-electron chi connectivity index (χ0n) is 13.2. The number of nitrogens with one attached hydrogen (secondary N) is 1. The van der Waals surface area contributed by atoms with Crippen molar-refractivity contribution in [1.29, 1.82) is 0 Å². The summed E-state index contributed by atoms with van der Waals surface area (Å²) >= 11 is 9.08. The smallest absolute Gasteiger partial charge is 0.255 e. The van der Waals surface area contributed by atoms with Gasteiger partial charge in [-0.2, -0.15) is 5.10 Å². The standard InChI is InChI=1S/C17H13BrClFN4O2/c18-11-7-23-24(9-11)16-14(2-1-3-21-16)17(26)22-8-15(25)10-4-12(19)6-13(20)5-10/h1-7,9,15,25H,8H2,(H,22,26). The van der Waals surface area contributed by atoms with E-state index in [0.29, 0.717) is 5.82 Å². The van der Waals surface area contributed by atoms with E-state index in [0.717, 1.165) is 10.5 Å². The molecule has 26 heavy (non-hydrogen) atoms. The van der Waals surface area contributed by atoms with Crippen molar-refractivity contribution in [2.24, 2.45) is 0 Å². The van der Waals surface area contributed by atoms with Gasteiger partial charge in [-0.3, -0.25) is 4.79 Å². The number of carbonyl (C=O) groups excluding carboxylic acids is 1. The van der Waals surface area contributed by atoms with Crippen LogP contribution in [0.4, 0.5) is 4.39 Å². The highest BCUT2D eigenvalue weighted by Gasteiger charge is 2.17. The van der Waals surface area contributed by atoms with Crippen LogP contribution in [0.15, 0.2) is 53.4 Å². The molecule has 3 aromatic rings. The molecule has 2 aromatic heterocycles. The number of hydrogen-bond acceptors (Lipinski definition) is 4. The number of aliphatic hydroxyl groups is 1. The van der Waals surface area contributed by atoms with E-state index in [9.17, 15) is 14.3 Å². The Morgan fingerprint density at radius 3 is 2.92 bits per heavy atom. The average Bonchev–Trinajstić information content (AvgIpc) is 3.05. The van der Waals surface area contributed by atoms with Gasteiger partial charge in [-0.25, -0.2) is 14.1 Å². The number of halogens is 3. The Balaban J connectivity index is 1.75. The Bertz CT molecular complexity index is 930. The highest BCUT2D eigenvalue weighted by atomic mass is 79.9. The normalized spacial score (nSPS) is 12.0. The topological polar surface area (TPSA) is 80.0 Å². The van der Waals surface area contributed by atoms with Crippen LogP contribution in [0.2, 0.25) is 5.02 Å². The molecule has 9 heteroatoms. The highest BCUT2D eigenvalue weighted by molar-refractivity contribution is 9.10. The summed E-state index contributed by atoms with van der Waals surface area (Å²) in [6.45, 7) is -0.115. The Morgan fingerprint density at radius 1 is 1.42 bits per heavy atom. The molecule has 0 saturated heterocycles. The third kappa shape index (κ3) is 4.27. The van der Waals surface area contributed by atoms with E-state index in [1.165, 1.54) is 16.8 Å². The molecule has 6 nitrogen and oxygen atoms in total. The van der Waals surface area contributed by atoms with Gasteiger partial charge in [0, 0.05) is 24.0 Å². The summed E-state index contributed by atoms with van der Waals surface area (Å²) in [5.41, 5.74) is 0.560. The van der Waals surface area contributed by atoms with E-state index in [2.05, 4.69) is 31.3 Å². The molecule has 0 aliphatic heterocycles. The SMILES string of the molecule is O=C(NCC(O)c1cc(F)cc(Cl)c1)c1cccnc1-n1cc(Br)cn1. The second kappa shape index (κ2) is 7.94. The lowest BCUT2D eigenvalue weighted by Gasteiger charge is -2.14. The average molecular weight is 440 g/mol. The Hall–Kier alpha value is -2.29. The molecule has 0 spiro atoms. The fourth-order valence-corrected chi connectivity index (χ4v) is 2.86. The molecular weight excluding hydrogens is 427 g/mol. The molecule has 2 N–H and O–H groups in total. The van der Waals surface area contributed by atoms with Crippen LogP contribution < -0.4 is 5.32 Å². The number of benzene rings is 1. The lowest BCUT2D eigenvalue weighted by molar-refractivity contribution is 0.0915. The monoisotopic (exact) mass is 438 g/mol. The number of aromatic nitrogens is 3. The fourth-order valence-electron chi connectivity index (χ4n) is 2.34. The molecule has 0 fully saturated rings. The molecule has 1 atom stereocenters. The lowest BCUT2D eigenvalue weighted by Crippen LogP contribution is -2.29. The van der Waals surface area contributed by atoms with Gasteiger partial charge in [-0.15, -0.1) is 0 Å². The van der Waals surface area contributed by atoms with Gasteiger partial charge in [0.05, 0.1) is 22.3 Å². The van der Waals surface area contributed by atoms with Crippen LogP contribution in [0.25, 0.3) is 5.82 Å². The summed E-state index contributed by atoms with van der Waals surface area (Å²) in [4.78, 5) is 16.7. The third-order valence-electron chi connectivity index (χ3n) is 3.53. The molecule has 1 unspecified atom stereocenters. The first-order valence-electron chi connectivity index (χ1n) is 7.52. The van der Waals surface area contributed by atoms with Crippen LogP contribution in [-0.2, 0) is 0 Å². The van der Waals surface area contributed by atoms with Gasteiger partial charge in [-0.05, 0) is 51.8 Å². The number of hydrogen-bond donors (Lipinski definition) is 2. The van der Waals surface area contributed by atoms with Crippen molar-refractivity contribution in [3.05, 3.63) is 75.4 Å². The van der Waals surface area contributed by atoms with Crippen molar-refractivity contribution in [1.82, 2.24) is 20.1 Å². The van der Waals surface area contributed by atoms with Gasteiger partial charge in [0.15, 0.2) is 5.82 Å². The molecule has 1 aromatic carbocycles. The van der Waals surface area contributed by atoms with Crippen LogP contribution in [0.3, 0.4) is 0 Å². The van der Waals surface area contributed by atoms with Crippen molar-refractivity contribution in [2.45, 2.75) is 6.10 Å². The quantitative estimate of drug-likeness (QED) is 0.639. The minimum Gasteiger partial charge on any atom is -0.387 e. The Morgan fingerprint density at radius 2 is 2.23 bits per heavy atom. The number of pyridine rings is 1. The van der Waals surface area contributed by atoms with Gasteiger partial charge < -0.3 is 10.4 Å². The minimum atomic E-state index is -1.11. The molecular formula is C17H13BrClFN4O2. The summed E-state index contributed by atoms with van der Waals surface area (Å²) in [5.74, 6) is -0.656. The first kappa shape index (κ1) is 18.5. The van der Waals surface area contributed by atoms with Crippen molar-refractivity contribution in [3.63, 3.8) is 0 Å². The molecule has 0 bridgehead atoms. The van der Waals surface area contributed by atoms with E-state index in [1.54, 1.807) is 30.7 Å². The molecule has 0 aliphatic rings. The zero-order valence-corrected chi connectivity index (χ0v) is 15.6. The number of amides is 1. The predicted octanol–water partition coefficient (Wildman–Crippen LogP) is 3.29. The predicted molar refractivity (Wildman–Crippen MR) is 97.8 cm³/mol. The Labute approximate surface area is 161 Å². The maximum atomic E-state index is 13.4. The first-order valence-corrected chi connectivity index (χ1v) is 8.69. The number of rotatable bonds is 5.